The summed E-state index contributed by atoms with van der Waals surface area (Å²) in [6.45, 7) is 2.85. The van der Waals surface area contributed by atoms with Crippen molar-refractivity contribution in [3.8, 4) is 0 Å². The van der Waals surface area contributed by atoms with E-state index < -0.39 is 0 Å². The van der Waals surface area contributed by atoms with Gasteiger partial charge in [0.1, 0.15) is 0 Å². The number of ketones is 1. The first-order valence-corrected chi connectivity index (χ1v) is 8.97. The third-order valence-corrected chi connectivity index (χ3v) is 5.20. The number of allylic oxidation sites excluding steroid dienone is 1. The Morgan fingerprint density at radius 3 is 2.88 bits per heavy atom. The van der Waals surface area contributed by atoms with E-state index in [9.17, 15) is 4.79 Å². The maximum Gasteiger partial charge on any atom is 0.185 e. The van der Waals surface area contributed by atoms with Gasteiger partial charge >= 0.3 is 0 Å². The molecule has 2 aromatic carbocycles. The van der Waals surface area contributed by atoms with Crippen LogP contribution in [-0.2, 0) is 6.54 Å². The quantitative estimate of drug-likeness (QED) is 0.416. The second-order valence-corrected chi connectivity index (χ2v) is 6.84. The molecule has 0 saturated carbocycles. The molecule has 0 bridgehead atoms. The lowest BCUT2D eigenvalue weighted by Gasteiger charge is -2.20. The zero-order valence-electron chi connectivity index (χ0n) is 13.8. The number of anilines is 2. The molecule has 0 spiro atoms. The Morgan fingerprint density at radius 2 is 2.04 bits per heavy atom. The second kappa shape index (κ2) is 6.61. The van der Waals surface area contributed by atoms with Crippen molar-refractivity contribution < 1.29 is 4.79 Å². The fourth-order valence-electron chi connectivity index (χ4n) is 2.70. The number of rotatable bonds is 4. The van der Waals surface area contributed by atoms with E-state index in [1.807, 2.05) is 54.2 Å². The summed E-state index contributed by atoms with van der Waals surface area (Å²) in [6, 6.07) is 14.0. The summed E-state index contributed by atoms with van der Waals surface area (Å²) in [5.41, 5.74) is 3.65. The molecule has 4 nitrogen and oxygen atoms in total. The molecular formula is C20H17N3OS. The highest BCUT2D eigenvalue weighted by Crippen LogP contribution is 2.44. The minimum absolute atomic E-state index is 0.0160. The molecule has 1 N–H and O–H groups in total. The number of para-hydroxylation sites is 1. The smallest absolute Gasteiger partial charge is 0.185 e. The van der Waals surface area contributed by atoms with Crippen molar-refractivity contribution in [1.82, 2.24) is 9.78 Å². The monoisotopic (exact) mass is 347 g/mol. The summed E-state index contributed by atoms with van der Waals surface area (Å²) in [4.78, 5) is 14.8. The molecule has 3 aromatic rings. The van der Waals surface area contributed by atoms with Crippen LogP contribution in [0.2, 0.25) is 0 Å². The molecule has 0 fully saturated rings. The van der Waals surface area contributed by atoms with Gasteiger partial charge in [0.25, 0.3) is 0 Å². The van der Waals surface area contributed by atoms with E-state index >= 15 is 0 Å². The average molecular weight is 347 g/mol. The number of fused-ring (bicyclic) bond motifs is 2. The lowest BCUT2D eigenvalue weighted by Crippen LogP contribution is -2.02. The van der Waals surface area contributed by atoms with E-state index in [2.05, 4.69) is 16.5 Å². The van der Waals surface area contributed by atoms with Crippen LogP contribution in [0.25, 0.3) is 6.08 Å². The second-order valence-electron chi connectivity index (χ2n) is 5.76. The normalized spacial score (nSPS) is 12.5. The molecule has 25 heavy (non-hydrogen) atoms. The molecule has 0 atom stereocenters. The third-order valence-electron chi connectivity index (χ3n) is 4.04. The number of nitrogens with one attached hydrogen (secondary N) is 1. The number of hydrogen-bond acceptors (Lipinski definition) is 4. The van der Waals surface area contributed by atoms with Crippen LogP contribution in [0.1, 0.15) is 22.8 Å². The van der Waals surface area contributed by atoms with Crippen LogP contribution in [0.4, 0.5) is 11.4 Å². The SMILES string of the molecule is CCn1cc(/C=C/C(=O)c2ccc3c(c2)Nc2ccccc2S3)cn1. The molecule has 0 saturated heterocycles. The van der Waals surface area contributed by atoms with Crippen LogP contribution < -0.4 is 5.32 Å². The van der Waals surface area contributed by atoms with Crippen LogP contribution in [0.15, 0.2) is 70.7 Å². The van der Waals surface area contributed by atoms with Gasteiger partial charge in [-0.2, -0.15) is 5.10 Å². The molecule has 0 unspecified atom stereocenters. The van der Waals surface area contributed by atoms with Crippen molar-refractivity contribution in [3.05, 3.63) is 72.1 Å². The van der Waals surface area contributed by atoms with Gasteiger partial charge < -0.3 is 5.32 Å². The van der Waals surface area contributed by atoms with Crippen molar-refractivity contribution in [2.24, 2.45) is 0 Å². The Morgan fingerprint density at radius 1 is 1.20 bits per heavy atom. The van der Waals surface area contributed by atoms with Gasteiger partial charge in [-0.25, -0.2) is 0 Å². The molecule has 0 amide bonds. The Hall–Kier alpha value is -2.79. The fourth-order valence-corrected chi connectivity index (χ4v) is 3.67. The first-order valence-electron chi connectivity index (χ1n) is 8.16. The number of aromatic nitrogens is 2. The molecule has 1 aliphatic heterocycles. The lowest BCUT2D eigenvalue weighted by molar-refractivity contribution is 0.104. The fraction of sp³-hybridized carbons (Fsp3) is 0.100. The summed E-state index contributed by atoms with van der Waals surface area (Å²) in [5, 5.41) is 7.62. The first-order chi connectivity index (χ1) is 12.2. The van der Waals surface area contributed by atoms with Gasteiger partial charge in [-0.05, 0) is 49.4 Å². The molecule has 5 heteroatoms. The molecule has 124 valence electrons. The highest BCUT2D eigenvalue weighted by molar-refractivity contribution is 7.99. The Labute approximate surface area is 150 Å². The largest absolute Gasteiger partial charge is 0.354 e. The molecule has 1 aliphatic rings. The maximum atomic E-state index is 12.5. The molecule has 1 aromatic heterocycles. The van der Waals surface area contributed by atoms with E-state index in [4.69, 9.17) is 0 Å². The van der Waals surface area contributed by atoms with E-state index in [-0.39, 0.29) is 5.78 Å². The minimum Gasteiger partial charge on any atom is -0.354 e. The summed E-state index contributed by atoms with van der Waals surface area (Å²) in [5.74, 6) is -0.0160. The van der Waals surface area contributed by atoms with Gasteiger partial charge in [0, 0.05) is 33.7 Å². The minimum atomic E-state index is -0.0160. The van der Waals surface area contributed by atoms with Gasteiger partial charge in [-0.1, -0.05) is 23.9 Å². The number of benzene rings is 2. The Bertz CT molecular complexity index is 975. The summed E-state index contributed by atoms with van der Waals surface area (Å²) >= 11 is 1.72. The van der Waals surface area contributed by atoms with Gasteiger partial charge in [-0.15, -0.1) is 0 Å². The van der Waals surface area contributed by atoms with Crippen LogP contribution in [0.3, 0.4) is 0 Å². The number of nitrogens with zero attached hydrogens (tertiary/aromatic N) is 2. The number of aryl methyl sites for hydroxylation is 1. The van der Waals surface area contributed by atoms with Crippen molar-refractivity contribution in [2.75, 3.05) is 5.32 Å². The van der Waals surface area contributed by atoms with Crippen LogP contribution in [0.5, 0.6) is 0 Å². The zero-order chi connectivity index (χ0) is 17.2. The van der Waals surface area contributed by atoms with E-state index in [0.29, 0.717) is 5.56 Å². The van der Waals surface area contributed by atoms with Gasteiger partial charge in [0.2, 0.25) is 0 Å². The van der Waals surface area contributed by atoms with Crippen molar-refractivity contribution in [3.63, 3.8) is 0 Å². The van der Waals surface area contributed by atoms with Crippen LogP contribution in [0, 0.1) is 0 Å². The topological polar surface area (TPSA) is 46.9 Å². The first kappa shape index (κ1) is 15.7. The molecule has 2 heterocycles. The maximum absolute atomic E-state index is 12.5. The Kier molecular flexibility index (Phi) is 4.15. The predicted molar refractivity (Wildman–Crippen MR) is 102 cm³/mol. The average Bonchev–Trinajstić information content (AvgIpc) is 3.12. The van der Waals surface area contributed by atoms with Gasteiger partial charge in [0.15, 0.2) is 5.78 Å². The number of carbonyl (C=O) groups excluding carboxylic acids is 1. The Balaban J connectivity index is 1.55. The van der Waals surface area contributed by atoms with E-state index in [1.165, 1.54) is 4.90 Å². The van der Waals surface area contributed by atoms with Gasteiger partial charge in [0.05, 0.1) is 17.6 Å². The molecule has 4 rings (SSSR count). The third kappa shape index (κ3) is 3.23. The van der Waals surface area contributed by atoms with Gasteiger partial charge in [-0.3, -0.25) is 9.48 Å². The molecule has 0 radical (unpaired) electrons. The van der Waals surface area contributed by atoms with Crippen molar-refractivity contribution in [2.45, 2.75) is 23.3 Å². The lowest BCUT2D eigenvalue weighted by atomic mass is 10.1. The summed E-state index contributed by atoms with van der Waals surface area (Å²) in [6.07, 6.45) is 7.09. The van der Waals surface area contributed by atoms with Crippen LogP contribution in [-0.4, -0.2) is 15.6 Å². The van der Waals surface area contributed by atoms with Crippen molar-refractivity contribution in [1.29, 1.82) is 0 Å². The zero-order valence-corrected chi connectivity index (χ0v) is 14.6. The van der Waals surface area contributed by atoms with Crippen LogP contribution >= 0.6 is 11.8 Å². The number of carbonyl (C=O) groups is 1. The van der Waals surface area contributed by atoms with E-state index in [1.54, 1.807) is 30.1 Å². The highest BCUT2D eigenvalue weighted by Gasteiger charge is 2.16. The highest BCUT2D eigenvalue weighted by atomic mass is 32.2. The molecular weight excluding hydrogens is 330 g/mol. The molecule has 0 aliphatic carbocycles. The van der Waals surface area contributed by atoms with Crippen molar-refractivity contribution >= 4 is 35.0 Å². The standard InChI is InChI=1S/C20H17N3OS/c1-2-23-13-14(12-21-23)7-9-18(24)15-8-10-20-17(11-15)22-16-5-3-4-6-19(16)25-20/h3-13,22H,2H2,1H3/b9-7+. The van der Waals surface area contributed by atoms with E-state index in [0.717, 1.165) is 28.4 Å². The number of hydrogen-bond donors (Lipinski definition) is 1. The summed E-state index contributed by atoms with van der Waals surface area (Å²) in [7, 11) is 0. The summed E-state index contributed by atoms with van der Waals surface area (Å²) < 4.78 is 1.83. The predicted octanol–water partition coefficient (Wildman–Crippen LogP) is 5.01.